The SMILES string of the molecule is C[C@H](Nc1nc2ccccc2s1)C(=O)N/N=C\[C@@H]1CC=CCC1. The fourth-order valence-electron chi connectivity index (χ4n) is 2.44. The highest BCUT2D eigenvalue weighted by Gasteiger charge is 2.14. The summed E-state index contributed by atoms with van der Waals surface area (Å²) < 4.78 is 1.10. The van der Waals surface area contributed by atoms with Gasteiger partial charge in [0.1, 0.15) is 6.04 Å². The largest absolute Gasteiger partial charge is 0.350 e. The van der Waals surface area contributed by atoms with E-state index in [4.69, 9.17) is 0 Å². The third-order valence-corrected chi connectivity index (χ3v) is 4.76. The van der Waals surface area contributed by atoms with Gasteiger partial charge in [0.15, 0.2) is 5.13 Å². The summed E-state index contributed by atoms with van der Waals surface area (Å²) in [5.74, 6) is 0.264. The number of nitrogens with zero attached hydrogens (tertiary/aromatic N) is 2. The van der Waals surface area contributed by atoms with Crippen molar-refractivity contribution in [1.82, 2.24) is 10.4 Å². The van der Waals surface area contributed by atoms with E-state index in [1.807, 2.05) is 30.5 Å². The molecule has 1 aliphatic rings. The van der Waals surface area contributed by atoms with Crippen molar-refractivity contribution in [3.05, 3.63) is 36.4 Å². The minimum absolute atomic E-state index is 0.160. The first-order valence-electron chi connectivity index (χ1n) is 7.82. The Bertz CT molecular complexity index is 704. The molecule has 23 heavy (non-hydrogen) atoms. The number of amides is 1. The van der Waals surface area contributed by atoms with E-state index in [2.05, 4.69) is 33.0 Å². The highest BCUT2D eigenvalue weighted by Crippen LogP contribution is 2.25. The van der Waals surface area contributed by atoms with Gasteiger partial charge >= 0.3 is 0 Å². The van der Waals surface area contributed by atoms with Gasteiger partial charge in [0.25, 0.3) is 5.91 Å². The zero-order valence-electron chi connectivity index (χ0n) is 13.0. The Hall–Kier alpha value is -2.21. The van der Waals surface area contributed by atoms with Crippen LogP contribution in [0.4, 0.5) is 5.13 Å². The first kappa shape index (κ1) is 15.7. The molecule has 0 saturated carbocycles. The molecule has 2 aromatic rings. The van der Waals surface area contributed by atoms with Gasteiger partial charge in [0, 0.05) is 6.21 Å². The average molecular weight is 328 g/mol. The normalized spacial score (nSPS) is 19.1. The highest BCUT2D eigenvalue weighted by molar-refractivity contribution is 7.22. The lowest BCUT2D eigenvalue weighted by atomic mass is 9.96. The van der Waals surface area contributed by atoms with Gasteiger partial charge in [-0.05, 0) is 44.2 Å². The molecule has 0 unspecified atom stereocenters. The summed E-state index contributed by atoms with van der Waals surface area (Å²) in [5.41, 5.74) is 3.55. The van der Waals surface area contributed by atoms with Crippen molar-refractivity contribution < 1.29 is 4.79 Å². The van der Waals surface area contributed by atoms with Crippen LogP contribution < -0.4 is 10.7 Å². The Balaban J connectivity index is 1.52. The van der Waals surface area contributed by atoms with Gasteiger partial charge in [0.05, 0.1) is 10.2 Å². The molecule has 0 radical (unpaired) electrons. The third kappa shape index (κ3) is 4.16. The van der Waals surface area contributed by atoms with Crippen molar-refractivity contribution in [2.24, 2.45) is 11.0 Å². The van der Waals surface area contributed by atoms with Crippen molar-refractivity contribution in [2.45, 2.75) is 32.2 Å². The maximum absolute atomic E-state index is 12.1. The van der Waals surface area contributed by atoms with E-state index in [0.717, 1.165) is 34.6 Å². The maximum Gasteiger partial charge on any atom is 0.262 e. The summed E-state index contributed by atoms with van der Waals surface area (Å²) >= 11 is 1.54. The van der Waals surface area contributed by atoms with Crippen LogP contribution in [0.1, 0.15) is 26.2 Å². The van der Waals surface area contributed by atoms with Gasteiger partial charge in [-0.25, -0.2) is 10.4 Å². The second-order valence-corrected chi connectivity index (χ2v) is 6.68. The van der Waals surface area contributed by atoms with Crippen LogP contribution in [0.5, 0.6) is 0 Å². The van der Waals surface area contributed by atoms with Gasteiger partial charge in [-0.3, -0.25) is 4.79 Å². The smallest absolute Gasteiger partial charge is 0.262 e. The van der Waals surface area contributed by atoms with Gasteiger partial charge in [0.2, 0.25) is 0 Å². The van der Waals surface area contributed by atoms with E-state index < -0.39 is 0 Å². The van der Waals surface area contributed by atoms with E-state index in [-0.39, 0.29) is 11.9 Å². The van der Waals surface area contributed by atoms with Crippen molar-refractivity contribution in [3.63, 3.8) is 0 Å². The van der Waals surface area contributed by atoms with E-state index in [1.54, 1.807) is 18.3 Å². The Morgan fingerprint density at radius 2 is 2.30 bits per heavy atom. The summed E-state index contributed by atoms with van der Waals surface area (Å²) in [6, 6.07) is 7.53. The number of para-hydroxylation sites is 1. The molecule has 0 aliphatic heterocycles. The molecule has 1 aliphatic carbocycles. The molecule has 3 rings (SSSR count). The second-order valence-electron chi connectivity index (χ2n) is 5.65. The summed E-state index contributed by atoms with van der Waals surface area (Å²) in [7, 11) is 0. The topological polar surface area (TPSA) is 66.4 Å². The van der Waals surface area contributed by atoms with E-state index in [0.29, 0.717) is 5.92 Å². The van der Waals surface area contributed by atoms with Crippen LogP contribution >= 0.6 is 11.3 Å². The number of anilines is 1. The van der Waals surface area contributed by atoms with Gasteiger partial charge < -0.3 is 5.32 Å². The van der Waals surface area contributed by atoms with Crippen molar-refractivity contribution in [1.29, 1.82) is 0 Å². The second kappa shape index (κ2) is 7.37. The standard InChI is InChI=1S/C17H20N4OS/c1-12(16(22)21-18-11-13-7-3-2-4-8-13)19-17-20-14-9-5-6-10-15(14)23-17/h2-3,5-6,9-13H,4,7-8H2,1H3,(H,19,20)(H,21,22)/b18-11-/t12-,13+/m0/s1. The predicted molar refractivity (Wildman–Crippen MR) is 95.8 cm³/mol. The van der Waals surface area contributed by atoms with E-state index in [9.17, 15) is 4.79 Å². The summed E-state index contributed by atoms with van der Waals surface area (Å²) in [4.78, 5) is 16.5. The zero-order valence-corrected chi connectivity index (χ0v) is 13.8. The molecule has 120 valence electrons. The molecule has 1 amide bonds. The van der Waals surface area contributed by atoms with Crippen LogP contribution in [-0.4, -0.2) is 23.1 Å². The van der Waals surface area contributed by atoms with Crippen LogP contribution in [0.25, 0.3) is 10.2 Å². The molecule has 1 heterocycles. The summed E-state index contributed by atoms with van der Waals surface area (Å²) in [6.45, 7) is 1.81. The zero-order chi connectivity index (χ0) is 16.1. The molecule has 2 N–H and O–H groups in total. The molecule has 1 aromatic carbocycles. The fraction of sp³-hybridized carbons (Fsp3) is 0.353. The van der Waals surface area contributed by atoms with Crippen molar-refractivity contribution in [2.75, 3.05) is 5.32 Å². The Morgan fingerprint density at radius 1 is 1.43 bits per heavy atom. The molecule has 6 heteroatoms. The quantitative estimate of drug-likeness (QED) is 0.501. The van der Waals surface area contributed by atoms with Gasteiger partial charge in [-0.15, -0.1) is 0 Å². The van der Waals surface area contributed by atoms with Crippen LogP contribution in [0.15, 0.2) is 41.5 Å². The Kier molecular flexibility index (Phi) is 5.02. The molecule has 0 fully saturated rings. The van der Waals surface area contributed by atoms with Crippen LogP contribution in [0, 0.1) is 5.92 Å². The van der Waals surface area contributed by atoms with Gasteiger partial charge in [-0.2, -0.15) is 5.10 Å². The number of nitrogens with one attached hydrogen (secondary N) is 2. The lowest BCUT2D eigenvalue weighted by Gasteiger charge is -2.13. The number of rotatable bonds is 5. The Labute approximate surface area is 139 Å². The third-order valence-electron chi connectivity index (χ3n) is 3.80. The summed E-state index contributed by atoms with van der Waals surface area (Å²) in [6.07, 6.45) is 9.37. The maximum atomic E-state index is 12.1. The minimum Gasteiger partial charge on any atom is -0.350 e. The summed E-state index contributed by atoms with van der Waals surface area (Å²) in [5, 5.41) is 7.96. The monoisotopic (exact) mass is 328 g/mol. The van der Waals surface area contributed by atoms with Crippen LogP contribution in [0.2, 0.25) is 0 Å². The van der Waals surface area contributed by atoms with Crippen molar-refractivity contribution in [3.8, 4) is 0 Å². The molecule has 0 saturated heterocycles. The number of benzene rings is 1. The lowest BCUT2D eigenvalue weighted by Crippen LogP contribution is -2.35. The fourth-order valence-corrected chi connectivity index (χ4v) is 3.39. The molecular formula is C17H20N4OS. The molecule has 5 nitrogen and oxygen atoms in total. The number of thiazole rings is 1. The molecule has 1 aromatic heterocycles. The Morgan fingerprint density at radius 3 is 3.09 bits per heavy atom. The first-order chi connectivity index (χ1) is 11.2. The first-order valence-corrected chi connectivity index (χ1v) is 8.64. The molecule has 0 spiro atoms. The lowest BCUT2D eigenvalue weighted by molar-refractivity contribution is -0.121. The number of hydrogen-bond donors (Lipinski definition) is 2. The van der Waals surface area contributed by atoms with E-state index in [1.165, 1.54) is 0 Å². The number of carbonyl (C=O) groups excluding carboxylic acids is 1. The van der Waals surface area contributed by atoms with Crippen LogP contribution in [-0.2, 0) is 4.79 Å². The van der Waals surface area contributed by atoms with Crippen LogP contribution in [0.3, 0.4) is 0 Å². The number of fused-ring (bicyclic) bond motifs is 1. The molecular weight excluding hydrogens is 308 g/mol. The number of aromatic nitrogens is 1. The van der Waals surface area contributed by atoms with Gasteiger partial charge in [-0.1, -0.05) is 35.6 Å². The number of hydrogen-bond acceptors (Lipinski definition) is 5. The number of carbonyl (C=O) groups is 1. The average Bonchev–Trinajstić information content (AvgIpc) is 2.98. The highest BCUT2D eigenvalue weighted by atomic mass is 32.1. The molecule has 2 atom stereocenters. The molecule has 0 bridgehead atoms. The number of hydrazone groups is 1. The van der Waals surface area contributed by atoms with E-state index >= 15 is 0 Å². The number of allylic oxidation sites excluding steroid dienone is 2. The minimum atomic E-state index is -0.390. The van der Waals surface area contributed by atoms with Crippen molar-refractivity contribution >= 4 is 38.8 Å². The predicted octanol–water partition coefficient (Wildman–Crippen LogP) is 3.56.